The van der Waals surface area contributed by atoms with E-state index < -0.39 is 0 Å². The molecule has 0 aliphatic heterocycles. The molecule has 1 heterocycles. The molecular formula is C22H18N2OS. The zero-order valence-electron chi connectivity index (χ0n) is 14.4. The Morgan fingerprint density at radius 3 is 2.38 bits per heavy atom. The number of imidazole rings is 1. The lowest BCUT2D eigenvalue weighted by molar-refractivity contribution is 0.0955. The molecule has 0 saturated heterocycles. The monoisotopic (exact) mass is 358 g/mol. The average molecular weight is 358 g/mol. The van der Waals surface area contributed by atoms with Crippen molar-refractivity contribution in [3.63, 3.8) is 0 Å². The van der Waals surface area contributed by atoms with Crippen molar-refractivity contribution in [2.45, 2.75) is 17.8 Å². The lowest BCUT2D eigenvalue weighted by Gasteiger charge is -2.08. The van der Waals surface area contributed by atoms with Crippen LogP contribution in [0.15, 0.2) is 84.0 Å². The summed E-state index contributed by atoms with van der Waals surface area (Å²) in [7, 11) is 0. The summed E-state index contributed by atoms with van der Waals surface area (Å²) in [5.74, 6) is 0.722. The Bertz CT molecular complexity index is 1050. The first-order valence-corrected chi connectivity index (χ1v) is 9.46. The number of nitrogens with zero attached hydrogens (tertiary/aromatic N) is 2. The highest BCUT2D eigenvalue weighted by Crippen LogP contribution is 2.27. The molecule has 0 N–H and O–H groups in total. The molecule has 26 heavy (non-hydrogen) atoms. The zero-order valence-corrected chi connectivity index (χ0v) is 15.2. The molecule has 0 unspecified atom stereocenters. The van der Waals surface area contributed by atoms with Crippen molar-refractivity contribution in [1.82, 2.24) is 9.55 Å². The third kappa shape index (κ3) is 3.28. The van der Waals surface area contributed by atoms with Crippen LogP contribution in [0.1, 0.15) is 21.5 Å². The molecule has 0 aliphatic rings. The quantitative estimate of drug-likeness (QED) is 0.463. The zero-order chi connectivity index (χ0) is 17.9. The molecule has 0 bridgehead atoms. The molecule has 1 aromatic heterocycles. The molecule has 0 fully saturated rings. The van der Waals surface area contributed by atoms with Crippen molar-refractivity contribution in [2.75, 3.05) is 0 Å². The molecule has 0 radical (unpaired) electrons. The van der Waals surface area contributed by atoms with E-state index in [0.29, 0.717) is 5.56 Å². The van der Waals surface area contributed by atoms with Gasteiger partial charge in [0, 0.05) is 11.3 Å². The van der Waals surface area contributed by atoms with E-state index in [1.54, 1.807) is 16.3 Å². The maximum absolute atomic E-state index is 13.2. The van der Waals surface area contributed by atoms with Crippen LogP contribution in [0, 0.1) is 6.92 Å². The third-order valence-corrected chi connectivity index (χ3v) is 5.25. The van der Waals surface area contributed by atoms with Crippen molar-refractivity contribution in [3.8, 4) is 0 Å². The predicted octanol–water partition coefficient (Wildman–Crippen LogP) is 5.33. The number of fused-ring (bicyclic) bond motifs is 1. The highest BCUT2D eigenvalue weighted by Gasteiger charge is 2.18. The highest BCUT2D eigenvalue weighted by molar-refractivity contribution is 7.98. The lowest BCUT2D eigenvalue weighted by atomic mass is 10.1. The summed E-state index contributed by atoms with van der Waals surface area (Å²) >= 11 is 1.58. The second-order valence-corrected chi connectivity index (χ2v) is 7.11. The number of thioether (sulfide) groups is 1. The topological polar surface area (TPSA) is 34.9 Å². The standard InChI is InChI=1S/C22H18N2OS/c1-16-11-13-18(14-12-16)21(25)24-20-10-6-5-9-19(20)23-22(24)26-15-17-7-3-2-4-8-17/h2-14H,15H2,1H3. The van der Waals surface area contributed by atoms with Gasteiger partial charge in [-0.05, 0) is 36.8 Å². The molecule has 4 heteroatoms. The minimum Gasteiger partial charge on any atom is -0.268 e. The molecule has 0 amide bonds. The molecule has 0 atom stereocenters. The number of carbonyl (C=O) groups excluding carboxylic acids is 1. The number of para-hydroxylation sites is 2. The number of rotatable bonds is 4. The van der Waals surface area contributed by atoms with Crippen LogP contribution in [-0.2, 0) is 5.75 Å². The fourth-order valence-electron chi connectivity index (χ4n) is 2.84. The van der Waals surface area contributed by atoms with Crippen molar-refractivity contribution in [3.05, 3.63) is 95.6 Å². The highest BCUT2D eigenvalue weighted by atomic mass is 32.2. The van der Waals surface area contributed by atoms with Crippen LogP contribution in [0.25, 0.3) is 11.0 Å². The van der Waals surface area contributed by atoms with Crippen LogP contribution >= 0.6 is 11.8 Å². The minimum atomic E-state index is -0.0470. The Morgan fingerprint density at radius 1 is 0.923 bits per heavy atom. The van der Waals surface area contributed by atoms with Crippen LogP contribution in [0.2, 0.25) is 0 Å². The van der Waals surface area contributed by atoms with E-state index in [4.69, 9.17) is 4.98 Å². The van der Waals surface area contributed by atoms with Gasteiger partial charge in [-0.15, -0.1) is 0 Å². The number of benzene rings is 3. The second-order valence-electron chi connectivity index (χ2n) is 6.16. The van der Waals surface area contributed by atoms with Crippen molar-refractivity contribution in [1.29, 1.82) is 0 Å². The summed E-state index contributed by atoms with van der Waals surface area (Å²) < 4.78 is 1.73. The van der Waals surface area contributed by atoms with Gasteiger partial charge in [0.1, 0.15) is 0 Å². The largest absolute Gasteiger partial charge is 0.268 e. The van der Waals surface area contributed by atoms with Gasteiger partial charge in [0.2, 0.25) is 0 Å². The first-order chi connectivity index (χ1) is 12.7. The molecule has 3 nitrogen and oxygen atoms in total. The van der Waals surface area contributed by atoms with E-state index in [1.165, 1.54) is 5.56 Å². The summed E-state index contributed by atoms with van der Waals surface area (Å²) in [6.07, 6.45) is 0. The van der Waals surface area contributed by atoms with Crippen LogP contribution in [0.5, 0.6) is 0 Å². The Labute approximate surface area is 156 Å². The Morgan fingerprint density at radius 2 is 1.62 bits per heavy atom. The first kappa shape index (κ1) is 16.6. The van der Waals surface area contributed by atoms with Crippen LogP contribution in [-0.4, -0.2) is 15.5 Å². The van der Waals surface area contributed by atoms with E-state index in [0.717, 1.165) is 27.5 Å². The fraction of sp³-hybridized carbons (Fsp3) is 0.0909. The van der Waals surface area contributed by atoms with E-state index in [9.17, 15) is 4.79 Å². The summed E-state index contributed by atoms with van der Waals surface area (Å²) in [6, 6.07) is 25.7. The van der Waals surface area contributed by atoms with Crippen LogP contribution < -0.4 is 0 Å². The number of carbonyl (C=O) groups is 1. The lowest BCUT2D eigenvalue weighted by Crippen LogP contribution is -2.13. The number of hydrogen-bond donors (Lipinski definition) is 0. The molecule has 0 spiro atoms. The fourth-order valence-corrected chi connectivity index (χ4v) is 3.81. The molecule has 128 valence electrons. The normalized spacial score (nSPS) is 11.0. The van der Waals surface area contributed by atoms with Gasteiger partial charge in [-0.25, -0.2) is 4.98 Å². The van der Waals surface area contributed by atoms with E-state index in [2.05, 4.69) is 12.1 Å². The van der Waals surface area contributed by atoms with Gasteiger partial charge in [-0.1, -0.05) is 71.9 Å². The van der Waals surface area contributed by atoms with Crippen LogP contribution in [0.3, 0.4) is 0 Å². The van der Waals surface area contributed by atoms with Gasteiger partial charge in [-0.3, -0.25) is 9.36 Å². The predicted molar refractivity (Wildman–Crippen MR) is 107 cm³/mol. The van der Waals surface area contributed by atoms with Gasteiger partial charge in [-0.2, -0.15) is 0 Å². The van der Waals surface area contributed by atoms with Crippen molar-refractivity contribution < 1.29 is 4.79 Å². The molecule has 4 rings (SSSR count). The van der Waals surface area contributed by atoms with Gasteiger partial charge in [0.25, 0.3) is 5.91 Å². The second kappa shape index (κ2) is 7.18. The average Bonchev–Trinajstić information content (AvgIpc) is 3.05. The number of aryl methyl sites for hydroxylation is 1. The molecule has 0 aliphatic carbocycles. The number of hydrogen-bond acceptors (Lipinski definition) is 3. The summed E-state index contributed by atoms with van der Waals surface area (Å²) in [4.78, 5) is 17.9. The van der Waals surface area contributed by atoms with Gasteiger partial charge in [0.15, 0.2) is 5.16 Å². The Balaban J connectivity index is 1.74. The third-order valence-electron chi connectivity index (χ3n) is 4.24. The molecule has 0 saturated carbocycles. The van der Waals surface area contributed by atoms with E-state index in [1.807, 2.05) is 73.7 Å². The SMILES string of the molecule is Cc1ccc(C(=O)n2c(SCc3ccccc3)nc3ccccc32)cc1. The maximum Gasteiger partial charge on any atom is 0.264 e. The van der Waals surface area contributed by atoms with Gasteiger partial charge >= 0.3 is 0 Å². The smallest absolute Gasteiger partial charge is 0.264 e. The van der Waals surface area contributed by atoms with E-state index >= 15 is 0 Å². The summed E-state index contributed by atoms with van der Waals surface area (Å²) in [6.45, 7) is 2.02. The summed E-state index contributed by atoms with van der Waals surface area (Å²) in [5.41, 5.74) is 4.69. The molecule has 4 aromatic rings. The van der Waals surface area contributed by atoms with Gasteiger partial charge < -0.3 is 0 Å². The molecular weight excluding hydrogens is 340 g/mol. The first-order valence-electron chi connectivity index (χ1n) is 8.48. The number of aromatic nitrogens is 2. The summed E-state index contributed by atoms with van der Waals surface area (Å²) in [5, 5.41) is 0.723. The van der Waals surface area contributed by atoms with Crippen molar-refractivity contribution >= 4 is 28.7 Å². The van der Waals surface area contributed by atoms with Crippen LogP contribution in [0.4, 0.5) is 0 Å². The minimum absolute atomic E-state index is 0.0470. The Hall–Kier alpha value is -2.85. The van der Waals surface area contributed by atoms with E-state index in [-0.39, 0.29) is 5.91 Å². The van der Waals surface area contributed by atoms with Gasteiger partial charge in [0.05, 0.1) is 11.0 Å². The Kier molecular flexibility index (Phi) is 4.59. The maximum atomic E-state index is 13.2. The molecule has 3 aromatic carbocycles. The van der Waals surface area contributed by atoms with Crippen molar-refractivity contribution in [2.24, 2.45) is 0 Å².